The number of hydrogen-bond acceptors (Lipinski definition) is 7. The Labute approximate surface area is 201 Å². The number of likely N-dealkylation sites (tertiary alicyclic amines) is 1. The van der Waals surface area contributed by atoms with Crippen LogP contribution in [0.2, 0.25) is 0 Å². The maximum Gasteiger partial charge on any atom is 0.251 e. The second-order valence-corrected chi connectivity index (χ2v) is 9.56. The predicted octanol–water partition coefficient (Wildman–Crippen LogP) is 4.60. The van der Waals surface area contributed by atoms with Crippen LogP contribution in [-0.2, 0) is 6.54 Å². The molecule has 34 heavy (non-hydrogen) atoms. The predicted molar refractivity (Wildman–Crippen MR) is 126 cm³/mol. The number of rotatable bonds is 8. The lowest BCUT2D eigenvalue weighted by Gasteiger charge is -2.35. The number of amides is 1. The van der Waals surface area contributed by atoms with Gasteiger partial charge in [-0.15, -0.1) is 11.3 Å². The monoisotopic (exact) mass is 487 g/mol. The van der Waals surface area contributed by atoms with Crippen molar-refractivity contribution in [3.8, 4) is 16.3 Å². The van der Waals surface area contributed by atoms with E-state index in [1.807, 2.05) is 32.0 Å². The summed E-state index contributed by atoms with van der Waals surface area (Å²) in [6.07, 6.45) is 1.30. The highest BCUT2D eigenvalue weighted by atomic mass is 32.1. The number of aryl methyl sites for hydroxylation is 2. The van der Waals surface area contributed by atoms with Crippen LogP contribution < -0.4 is 10.1 Å². The lowest BCUT2D eigenvalue weighted by Crippen LogP contribution is -2.45. The van der Waals surface area contributed by atoms with E-state index in [0.29, 0.717) is 30.0 Å². The molecule has 2 aromatic heterocycles. The number of piperidine rings is 1. The van der Waals surface area contributed by atoms with Crippen molar-refractivity contribution in [2.24, 2.45) is 0 Å². The number of benzene rings is 1. The Morgan fingerprint density at radius 2 is 2.09 bits per heavy atom. The highest BCUT2D eigenvalue weighted by molar-refractivity contribution is 7.14. The molecule has 1 atom stereocenters. The largest absolute Gasteiger partial charge is 0.475 e. The molecule has 1 aliphatic heterocycles. The minimum absolute atomic E-state index is 0.230. The van der Waals surface area contributed by atoms with Crippen molar-refractivity contribution in [1.29, 1.82) is 0 Å². The summed E-state index contributed by atoms with van der Waals surface area (Å²) in [5, 5.41) is 11.7. The van der Waals surface area contributed by atoms with E-state index in [2.05, 4.69) is 20.5 Å². The molecule has 0 saturated carbocycles. The summed E-state index contributed by atoms with van der Waals surface area (Å²) in [5.41, 5.74) is 2.59. The van der Waals surface area contributed by atoms with Crippen molar-refractivity contribution in [3.63, 3.8) is 0 Å². The molecule has 3 heterocycles. The molecule has 0 radical (unpaired) electrons. The van der Waals surface area contributed by atoms with E-state index in [1.165, 1.54) is 11.3 Å². The standard InChI is InChI=1S/C24H27F2N5O2S/c1-15-6-7-19(30-29-15)13-27-23(32)17-9-18(24-28-12-16(2)34-24)11-20(10-17)33-22-5-3-4-8-31(22)14-21(25)26/h6-7,9-12,21-22H,3-5,8,13-14H2,1-2H3,(H,27,32). The van der Waals surface area contributed by atoms with Gasteiger partial charge in [-0.25, -0.2) is 13.8 Å². The van der Waals surface area contributed by atoms with Crippen LogP contribution in [0.3, 0.4) is 0 Å². The van der Waals surface area contributed by atoms with Crippen LogP contribution in [0.15, 0.2) is 36.5 Å². The Balaban J connectivity index is 1.57. The molecule has 3 aromatic rings. The zero-order valence-corrected chi connectivity index (χ0v) is 19.9. The molecule has 0 bridgehead atoms. The van der Waals surface area contributed by atoms with Crippen LogP contribution in [0, 0.1) is 13.8 Å². The van der Waals surface area contributed by atoms with Crippen LogP contribution in [-0.4, -0.2) is 51.7 Å². The Morgan fingerprint density at radius 3 is 2.79 bits per heavy atom. The van der Waals surface area contributed by atoms with Gasteiger partial charge < -0.3 is 10.1 Å². The lowest BCUT2D eigenvalue weighted by molar-refractivity contribution is -0.0364. The Kier molecular flexibility index (Phi) is 7.79. The first-order valence-electron chi connectivity index (χ1n) is 11.2. The molecule has 1 aliphatic rings. The summed E-state index contributed by atoms with van der Waals surface area (Å²) < 4.78 is 32.3. The minimum Gasteiger partial charge on any atom is -0.475 e. The second kappa shape index (κ2) is 11.0. The molecule has 10 heteroatoms. The molecule has 1 N–H and O–H groups in total. The van der Waals surface area contributed by atoms with Gasteiger partial charge >= 0.3 is 0 Å². The molecule has 1 aromatic carbocycles. The van der Waals surface area contributed by atoms with Gasteiger partial charge in [0, 0.05) is 28.7 Å². The van der Waals surface area contributed by atoms with E-state index in [4.69, 9.17) is 4.74 Å². The number of nitrogens with one attached hydrogen (secondary N) is 1. The van der Waals surface area contributed by atoms with Crippen LogP contribution in [0.5, 0.6) is 5.75 Å². The highest BCUT2D eigenvalue weighted by Crippen LogP contribution is 2.31. The Morgan fingerprint density at radius 1 is 1.24 bits per heavy atom. The number of nitrogens with zero attached hydrogens (tertiary/aromatic N) is 4. The van der Waals surface area contributed by atoms with Crippen molar-refractivity contribution >= 4 is 17.2 Å². The van der Waals surface area contributed by atoms with Gasteiger partial charge in [-0.05, 0) is 63.4 Å². The fourth-order valence-corrected chi connectivity index (χ4v) is 4.59. The molecule has 1 amide bonds. The maximum absolute atomic E-state index is 13.1. The lowest BCUT2D eigenvalue weighted by atomic mass is 10.1. The summed E-state index contributed by atoms with van der Waals surface area (Å²) >= 11 is 1.51. The van der Waals surface area contributed by atoms with Crippen molar-refractivity contribution in [3.05, 3.63) is 58.4 Å². The third-order valence-corrected chi connectivity index (χ3v) is 6.48. The number of hydrogen-bond donors (Lipinski definition) is 1. The molecule has 0 spiro atoms. The van der Waals surface area contributed by atoms with Gasteiger partial charge in [0.2, 0.25) is 0 Å². The summed E-state index contributed by atoms with van der Waals surface area (Å²) in [4.78, 5) is 20.1. The van der Waals surface area contributed by atoms with Gasteiger partial charge in [0.1, 0.15) is 10.8 Å². The van der Waals surface area contributed by atoms with Crippen molar-refractivity contribution < 1.29 is 18.3 Å². The Hall–Kier alpha value is -2.98. The first kappa shape index (κ1) is 24.2. The van der Waals surface area contributed by atoms with Gasteiger partial charge in [0.25, 0.3) is 12.3 Å². The van der Waals surface area contributed by atoms with Crippen LogP contribution in [0.25, 0.3) is 10.6 Å². The molecule has 1 saturated heterocycles. The first-order chi connectivity index (χ1) is 16.4. The zero-order valence-electron chi connectivity index (χ0n) is 19.1. The van der Waals surface area contributed by atoms with Crippen LogP contribution >= 0.6 is 11.3 Å². The molecule has 4 rings (SSSR count). The normalized spacial score (nSPS) is 16.6. The van der Waals surface area contributed by atoms with Gasteiger partial charge in [0.05, 0.1) is 24.5 Å². The van der Waals surface area contributed by atoms with Gasteiger partial charge in [-0.1, -0.05) is 0 Å². The van der Waals surface area contributed by atoms with E-state index in [-0.39, 0.29) is 19.0 Å². The van der Waals surface area contributed by atoms with Gasteiger partial charge in [-0.2, -0.15) is 10.2 Å². The van der Waals surface area contributed by atoms with Crippen molar-refractivity contribution in [1.82, 2.24) is 25.4 Å². The number of thiazole rings is 1. The van der Waals surface area contributed by atoms with Crippen molar-refractivity contribution in [2.45, 2.75) is 52.3 Å². The summed E-state index contributed by atoms with van der Waals surface area (Å²) in [6.45, 7) is 4.26. The fraction of sp³-hybridized carbons (Fsp3) is 0.417. The third-order valence-electron chi connectivity index (χ3n) is 5.52. The SMILES string of the molecule is Cc1ccc(CNC(=O)c2cc(OC3CCCCN3CC(F)F)cc(-c3ncc(C)s3)c2)nn1. The molecular weight excluding hydrogens is 460 g/mol. The molecule has 1 fully saturated rings. The number of carbonyl (C=O) groups excluding carboxylic acids is 1. The number of carbonyl (C=O) groups is 1. The van der Waals surface area contributed by atoms with E-state index >= 15 is 0 Å². The zero-order chi connectivity index (χ0) is 24.1. The number of halogens is 2. The third kappa shape index (κ3) is 6.32. The van der Waals surface area contributed by atoms with E-state index in [0.717, 1.165) is 34.0 Å². The van der Waals surface area contributed by atoms with E-state index in [9.17, 15) is 13.6 Å². The topological polar surface area (TPSA) is 80.2 Å². The quantitative estimate of drug-likeness (QED) is 0.500. The average molecular weight is 488 g/mol. The molecule has 1 unspecified atom stereocenters. The van der Waals surface area contributed by atoms with Crippen LogP contribution in [0.1, 0.15) is 45.9 Å². The minimum atomic E-state index is -2.43. The first-order valence-corrected chi connectivity index (χ1v) is 12.0. The molecule has 180 valence electrons. The number of alkyl halides is 2. The second-order valence-electron chi connectivity index (χ2n) is 8.33. The van der Waals surface area contributed by atoms with E-state index in [1.54, 1.807) is 23.2 Å². The summed E-state index contributed by atoms with van der Waals surface area (Å²) in [5.74, 6) is 0.159. The average Bonchev–Trinajstić information content (AvgIpc) is 3.25. The van der Waals surface area contributed by atoms with Gasteiger partial charge in [-0.3, -0.25) is 9.69 Å². The van der Waals surface area contributed by atoms with Gasteiger partial charge in [0.15, 0.2) is 6.23 Å². The summed E-state index contributed by atoms with van der Waals surface area (Å²) in [7, 11) is 0. The van der Waals surface area contributed by atoms with Crippen LogP contribution in [0.4, 0.5) is 8.78 Å². The van der Waals surface area contributed by atoms with Crippen molar-refractivity contribution in [2.75, 3.05) is 13.1 Å². The molecule has 7 nitrogen and oxygen atoms in total. The number of ether oxygens (including phenoxy) is 1. The maximum atomic E-state index is 13.1. The molecular formula is C24H27F2N5O2S. The number of aromatic nitrogens is 3. The van der Waals surface area contributed by atoms with E-state index < -0.39 is 12.7 Å². The fourth-order valence-electron chi connectivity index (χ4n) is 3.84. The summed E-state index contributed by atoms with van der Waals surface area (Å²) in [6, 6.07) is 8.87. The Bertz CT molecular complexity index is 1120. The smallest absolute Gasteiger partial charge is 0.251 e. The highest BCUT2D eigenvalue weighted by Gasteiger charge is 2.27. The molecule has 0 aliphatic carbocycles.